The third kappa shape index (κ3) is 2.85. The van der Waals surface area contributed by atoms with Crippen molar-refractivity contribution in [2.75, 3.05) is 7.11 Å². The van der Waals surface area contributed by atoms with Gasteiger partial charge in [-0.15, -0.1) is 0 Å². The molecule has 0 aromatic heterocycles. The number of hydrogen-bond acceptors (Lipinski definition) is 3. The van der Waals surface area contributed by atoms with Crippen LogP contribution in [0, 0.1) is 5.92 Å². The van der Waals surface area contributed by atoms with E-state index in [0.29, 0.717) is 35.3 Å². The van der Waals surface area contributed by atoms with Crippen LogP contribution in [-0.4, -0.2) is 12.9 Å². The normalized spacial score (nSPS) is 18.7. The van der Waals surface area contributed by atoms with Gasteiger partial charge in [0, 0.05) is 18.9 Å². The van der Waals surface area contributed by atoms with Crippen LogP contribution in [0.4, 0.5) is 0 Å². The zero-order valence-corrected chi connectivity index (χ0v) is 11.2. The second kappa shape index (κ2) is 5.72. The summed E-state index contributed by atoms with van der Waals surface area (Å²) in [4.78, 5) is 11.2. The number of nitrogens with two attached hydrogens (primary N) is 1. The first kappa shape index (κ1) is 13.4. The van der Waals surface area contributed by atoms with Gasteiger partial charge >= 0.3 is 0 Å². The third-order valence-corrected chi connectivity index (χ3v) is 3.95. The number of Topliss-reactive ketones (excluding diaryl/α,β-unsaturated/α-hetero) is 1. The average molecular weight is 268 g/mol. The first-order chi connectivity index (χ1) is 8.61. The van der Waals surface area contributed by atoms with E-state index in [9.17, 15) is 4.79 Å². The van der Waals surface area contributed by atoms with Crippen molar-refractivity contribution in [3.8, 4) is 5.75 Å². The van der Waals surface area contributed by atoms with Crippen molar-refractivity contribution >= 4 is 17.4 Å². The van der Waals surface area contributed by atoms with Crippen molar-refractivity contribution in [3.63, 3.8) is 0 Å². The van der Waals surface area contributed by atoms with Gasteiger partial charge in [-0.2, -0.15) is 0 Å². The summed E-state index contributed by atoms with van der Waals surface area (Å²) in [5, 5.41) is 0.581. The number of hydrogen-bond donors (Lipinski definition) is 1. The number of methoxy groups -OCH3 is 1. The standard InChI is InChI=1S/C14H18ClNO2/c1-18-13-7-4-10(8-12(13)15)14(16)9-2-5-11(17)6-3-9/h4,7-9,14H,2-3,5-6,16H2,1H3. The van der Waals surface area contributed by atoms with Crippen LogP contribution in [0.1, 0.15) is 37.3 Å². The highest BCUT2D eigenvalue weighted by molar-refractivity contribution is 6.32. The molecule has 0 spiro atoms. The lowest BCUT2D eigenvalue weighted by atomic mass is 9.81. The Labute approximate surface area is 112 Å². The van der Waals surface area contributed by atoms with Gasteiger partial charge < -0.3 is 10.5 Å². The Balaban J connectivity index is 2.11. The summed E-state index contributed by atoms with van der Waals surface area (Å²) in [6.07, 6.45) is 3.07. The molecule has 98 valence electrons. The zero-order valence-electron chi connectivity index (χ0n) is 10.5. The molecular weight excluding hydrogens is 250 g/mol. The van der Waals surface area contributed by atoms with E-state index in [2.05, 4.69) is 0 Å². The summed E-state index contributed by atoms with van der Waals surface area (Å²) in [5.41, 5.74) is 7.28. The minimum absolute atomic E-state index is 0.0542. The summed E-state index contributed by atoms with van der Waals surface area (Å²) in [6, 6.07) is 5.60. The van der Waals surface area contributed by atoms with Gasteiger partial charge in [0.15, 0.2) is 0 Å². The van der Waals surface area contributed by atoms with E-state index in [1.54, 1.807) is 7.11 Å². The molecule has 1 aliphatic carbocycles. The molecule has 1 unspecified atom stereocenters. The molecule has 0 radical (unpaired) electrons. The quantitative estimate of drug-likeness (QED) is 0.916. The Kier molecular flexibility index (Phi) is 4.25. The van der Waals surface area contributed by atoms with E-state index in [1.165, 1.54) is 0 Å². The topological polar surface area (TPSA) is 52.3 Å². The molecule has 2 N–H and O–H groups in total. The summed E-state index contributed by atoms with van der Waals surface area (Å²) < 4.78 is 5.12. The van der Waals surface area contributed by atoms with Crippen molar-refractivity contribution in [2.24, 2.45) is 11.7 Å². The highest BCUT2D eigenvalue weighted by Crippen LogP contribution is 2.34. The lowest BCUT2D eigenvalue weighted by Gasteiger charge is -2.27. The van der Waals surface area contributed by atoms with E-state index in [0.717, 1.165) is 18.4 Å². The molecule has 1 aromatic carbocycles. The van der Waals surface area contributed by atoms with Gasteiger partial charge in [-0.05, 0) is 36.5 Å². The van der Waals surface area contributed by atoms with Crippen LogP contribution in [-0.2, 0) is 4.79 Å². The van der Waals surface area contributed by atoms with Gasteiger partial charge in [-0.1, -0.05) is 17.7 Å². The van der Waals surface area contributed by atoms with Gasteiger partial charge in [-0.25, -0.2) is 0 Å². The first-order valence-electron chi connectivity index (χ1n) is 6.22. The van der Waals surface area contributed by atoms with Gasteiger partial charge in [0.2, 0.25) is 0 Å². The summed E-state index contributed by atoms with van der Waals surface area (Å²) in [6.45, 7) is 0. The Morgan fingerprint density at radius 3 is 2.61 bits per heavy atom. The Hall–Kier alpha value is -1.06. The molecule has 0 saturated heterocycles. The van der Waals surface area contributed by atoms with E-state index in [1.807, 2.05) is 18.2 Å². The van der Waals surface area contributed by atoms with Crippen LogP contribution in [0.5, 0.6) is 5.75 Å². The molecule has 0 aliphatic heterocycles. The van der Waals surface area contributed by atoms with Gasteiger partial charge in [0.25, 0.3) is 0 Å². The Bertz CT molecular complexity index is 437. The Morgan fingerprint density at radius 2 is 2.06 bits per heavy atom. The lowest BCUT2D eigenvalue weighted by Crippen LogP contribution is -2.26. The Morgan fingerprint density at radius 1 is 1.39 bits per heavy atom. The van der Waals surface area contributed by atoms with Gasteiger partial charge in [0.1, 0.15) is 11.5 Å². The van der Waals surface area contributed by atoms with Crippen molar-refractivity contribution in [3.05, 3.63) is 28.8 Å². The molecule has 1 aliphatic rings. The van der Waals surface area contributed by atoms with Crippen LogP contribution < -0.4 is 10.5 Å². The predicted molar refractivity (Wildman–Crippen MR) is 71.9 cm³/mol. The molecule has 0 amide bonds. The van der Waals surface area contributed by atoms with Crippen molar-refractivity contribution in [2.45, 2.75) is 31.7 Å². The number of ether oxygens (including phenoxy) is 1. The summed E-state index contributed by atoms with van der Waals surface area (Å²) >= 11 is 6.10. The fraction of sp³-hybridized carbons (Fsp3) is 0.500. The SMILES string of the molecule is COc1ccc(C(N)C2CCC(=O)CC2)cc1Cl. The maximum Gasteiger partial charge on any atom is 0.137 e. The maximum absolute atomic E-state index is 11.2. The summed E-state index contributed by atoms with van der Waals surface area (Å²) in [7, 11) is 1.59. The van der Waals surface area contributed by atoms with Crippen LogP contribution in [0.15, 0.2) is 18.2 Å². The number of carbonyl (C=O) groups excluding carboxylic acids is 1. The number of rotatable bonds is 3. The molecule has 0 bridgehead atoms. The molecule has 1 atom stereocenters. The van der Waals surface area contributed by atoms with Gasteiger partial charge in [-0.3, -0.25) is 4.79 Å². The number of carbonyl (C=O) groups is 1. The highest BCUT2D eigenvalue weighted by Gasteiger charge is 2.25. The smallest absolute Gasteiger partial charge is 0.137 e. The molecule has 1 saturated carbocycles. The molecule has 18 heavy (non-hydrogen) atoms. The molecule has 4 heteroatoms. The largest absolute Gasteiger partial charge is 0.495 e. The second-order valence-electron chi connectivity index (χ2n) is 4.80. The van der Waals surface area contributed by atoms with Gasteiger partial charge in [0.05, 0.1) is 12.1 Å². The molecule has 2 rings (SSSR count). The van der Waals surface area contributed by atoms with Crippen molar-refractivity contribution in [1.29, 1.82) is 0 Å². The zero-order chi connectivity index (χ0) is 13.1. The molecule has 1 fully saturated rings. The van der Waals surface area contributed by atoms with Crippen LogP contribution in [0.2, 0.25) is 5.02 Å². The number of halogens is 1. The predicted octanol–water partition coefficient (Wildman–Crippen LogP) is 3.11. The first-order valence-corrected chi connectivity index (χ1v) is 6.60. The maximum atomic E-state index is 11.2. The molecular formula is C14H18ClNO2. The number of benzene rings is 1. The van der Waals surface area contributed by atoms with E-state index in [-0.39, 0.29) is 6.04 Å². The fourth-order valence-electron chi connectivity index (χ4n) is 2.48. The van der Waals surface area contributed by atoms with Crippen molar-refractivity contribution in [1.82, 2.24) is 0 Å². The second-order valence-corrected chi connectivity index (χ2v) is 5.20. The van der Waals surface area contributed by atoms with E-state index < -0.39 is 0 Å². The molecule has 1 aromatic rings. The minimum Gasteiger partial charge on any atom is -0.495 e. The number of ketones is 1. The third-order valence-electron chi connectivity index (χ3n) is 3.66. The average Bonchev–Trinajstić information content (AvgIpc) is 2.38. The van der Waals surface area contributed by atoms with Crippen LogP contribution in [0.25, 0.3) is 0 Å². The molecule has 0 heterocycles. The summed E-state index contributed by atoms with van der Waals surface area (Å²) in [5.74, 6) is 1.38. The van der Waals surface area contributed by atoms with Crippen LogP contribution in [0.3, 0.4) is 0 Å². The monoisotopic (exact) mass is 267 g/mol. The lowest BCUT2D eigenvalue weighted by molar-refractivity contribution is -0.121. The molecule has 3 nitrogen and oxygen atoms in total. The van der Waals surface area contributed by atoms with E-state index >= 15 is 0 Å². The highest BCUT2D eigenvalue weighted by atomic mass is 35.5. The van der Waals surface area contributed by atoms with E-state index in [4.69, 9.17) is 22.1 Å². The minimum atomic E-state index is -0.0542. The fourth-order valence-corrected chi connectivity index (χ4v) is 2.75. The van der Waals surface area contributed by atoms with Crippen LogP contribution >= 0.6 is 11.6 Å². The van der Waals surface area contributed by atoms with Crippen molar-refractivity contribution < 1.29 is 9.53 Å².